The Hall–Kier alpha value is -1.53. The molecule has 0 bridgehead atoms. The van der Waals surface area contributed by atoms with E-state index in [0.717, 1.165) is 18.2 Å². The molecule has 2 aromatic rings. The summed E-state index contributed by atoms with van der Waals surface area (Å²) >= 11 is 2.85. The first-order chi connectivity index (χ1) is 9.43. The Morgan fingerprint density at radius 3 is 2.40 bits per heavy atom. The second-order valence-electron chi connectivity index (χ2n) is 4.08. The zero-order valence-corrected chi connectivity index (χ0v) is 11.9. The van der Waals surface area contributed by atoms with Crippen molar-refractivity contribution >= 4 is 15.9 Å². The van der Waals surface area contributed by atoms with Gasteiger partial charge >= 0.3 is 0 Å². The van der Waals surface area contributed by atoms with Gasteiger partial charge in [-0.3, -0.25) is 0 Å². The number of methoxy groups -OCH3 is 1. The third-order valence-electron chi connectivity index (χ3n) is 2.83. The molecule has 0 spiro atoms. The van der Waals surface area contributed by atoms with Crippen LogP contribution in [-0.2, 0) is 0 Å². The van der Waals surface area contributed by atoms with Crippen molar-refractivity contribution in [2.45, 2.75) is 6.10 Å². The van der Waals surface area contributed by atoms with Gasteiger partial charge in [-0.2, -0.15) is 0 Å². The summed E-state index contributed by atoms with van der Waals surface area (Å²) in [6.07, 6.45) is -1.42. The lowest BCUT2D eigenvalue weighted by Gasteiger charge is -2.14. The van der Waals surface area contributed by atoms with E-state index in [1.165, 1.54) is 19.2 Å². The summed E-state index contributed by atoms with van der Waals surface area (Å²) in [6, 6.07) is 5.42. The Balaban J connectivity index is 2.46. The van der Waals surface area contributed by atoms with E-state index in [0.29, 0.717) is 0 Å². The molecule has 0 radical (unpaired) electrons. The highest BCUT2D eigenvalue weighted by molar-refractivity contribution is 9.10. The molecule has 106 valence electrons. The molecular formula is C14H10BrF3O2. The first-order valence-corrected chi connectivity index (χ1v) is 6.39. The van der Waals surface area contributed by atoms with Crippen molar-refractivity contribution in [1.29, 1.82) is 0 Å². The SMILES string of the molecule is COc1cc(C(O)c2cc(F)c(Br)cc2F)ccc1F. The molecule has 2 aromatic carbocycles. The molecular weight excluding hydrogens is 337 g/mol. The van der Waals surface area contributed by atoms with Gasteiger partial charge in [-0.1, -0.05) is 6.07 Å². The Morgan fingerprint density at radius 2 is 1.75 bits per heavy atom. The van der Waals surface area contributed by atoms with Crippen LogP contribution < -0.4 is 4.74 Å². The van der Waals surface area contributed by atoms with Crippen molar-refractivity contribution in [3.05, 3.63) is 63.4 Å². The van der Waals surface area contributed by atoms with E-state index in [-0.39, 0.29) is 21.3 Å². The first kappa shape index (κ1) is 14.9. The monoisotopic (exact) mass is 346 g/mol. The summed E-state index contributed by atoms with van der Waals surface area (Å²) in [5.74, 6) is -2.16. The molecule has 0 aliphatic rings. The van der Waals surface area contributed by atoms with Crippen LogP contribution in [0.4, 0.5) is 13.2 Å². The molecule has 0 aliphatic heterocycles. The van der Waals surface area contributed by atoms with Crippen molar-refractivity contribution < 1.29 is 23.0 Å². The number of rotatable bonds is 3. The fraction of sp³-hybridized carbons (Fsp3) is 0.143. The van der Waals surface area contributed by atoms with Crippen LogP contribution in [0.1, 0.15) is 17.2 Å². The first-order valence-electron chi connectivity index (χ1n) is 5.60. The number of aliphatic hydroxyl groups is 1. The maximum absolute atomic E-state index is 13.8. The normalized spacial score (nSPS) is 12.3. The fourth-order valence-corrected chi connectivity index (χ4v) is 2.09. The number of hydrogen-bond donors (Lipinski definition) is 1. The molecule has 0 fully saturated rings. The van der Waals surface area contributed by atoms with Crippen molar-refractivity contribution in [2.24, 2.45) is 0 Å². The van der Waals surface area contributed by atoms with E-state index in [1.54, 1.807) is 0 Å². The van der Waals surface area contributed by atoms with E-state index in [2.05, 4.69) is 15.9 Å². The quantitative estimate of drug-likeness (QED) is 0.852. The smallest absolute Gasteiger partial charge is 0.165 e. The Bertz CT molecular complexity index is 647. The summed E-state index contributed by atoms with van der Waals surface area (Å²) in [7, 11) is 1.27. The highest BCUT2D eigenvalue weighted by Crippen LogP contribution is 2.30. The van der Waals surface area contributed by atoms with E-state index in [4.69, 9.17) is 4.74 Å². The molecule has 20 heavy (non-hydrogen) atoms. The van der Waals surface area contributed by atoms with E-state index in [9.17, 15) is 18.3 Å². The fourth-order valence-electron chi connectivity index (χ4n) is 1.77. The average Bonchev–Trinajstić information content (AvgIpc) is 2.42. The summed E-state index contributed by atoms with van der Waals surface area (Å²) < 4.78 is 45.2. The molecule has 0 heterocycles. The van der Waals surface area contributed by atoms with Crippen LogP contribution in [0.2, 0.25) is 0 Å². The molecule has 0 aliphatic carbocycles. The Kier molecular flexibility index (Phi) is 4.35. The minimum Gasteiger partial charge on any atom is -0.494 e. The van der Waals surface area contributed by atoms with Crippen LogP contribution in [0.3, 0.4) is 0 Å². The number of aliphatic hydroxyl groups excluding tert-OH is 1. The Labute approximate surface area is 121 Å². The van der Waals surface area contributed by atoms with E-state index < -0.39 is 23.6 Å². The van der Waals surface area contributed by atoms with Gasteiger partial charge in [0.05, 0.1) is 11.6 Å². The molecule has 0 saturated heterocycles. The number of ether oxygens (including phenoxy) is 1. The molecule has 6 heteroatoms. The van der Waals surface area contributed by atoms with Crippen LogP contribution >= 0.6 is 15.9 Å². The minimum atomic E-state index is -1.42. The summed E-state index contributed by atoms with van der Waals surface area (Å²) in [6.45, 7) is 0. The van der Waals surface area contributed by atoms with Crippen molar-refractivity contribution in [1.82, 2.24) is 0 Å². The van der Waals surface area contributed by atoms with Gasteiger partial charge in [0.25, 0.3) is 0 Å². The topological polar surface area (TPSA) is 29.5 Å². The third kappa shape index (κ3) is 2.81. The van der Waals surface area contributed by atoms with Gasteiger partial charge in [-0.15, -0.1) is 0 Å². The van der Waals surface area contributed by atoms with Crippen LogP contribution in [0.15, 0.2) is 34.8 Å². The lowest BCUT2D eigenvalue weighted by molar-refractivity contribution is 0.213. The molecule has 0 aromatic heterocycles. The summed E-state index contributed by atoms with van der Waals surface area (Å²) in [5, 5.41) is 10.1. The maximum atomic E-state index is 13.8. The zero-order chi connectivity index (χ0) is 14.9. The summed E-state index contributed by atoms with van der Waals surface area (Å²) in [4.78, 5) is 0. The highest BCUT2D eigenvalue weighted by Gasteiger charge is 2.19. The number of hydrogen-bond acceptors (Lipinski definition) is 2. The Morgan fingerprint density at radius 1 is 1.05 bits per heavy atom. The molecule has 1 atom stereocenters. The highest BCUT2D eigenvalue weighted by atomic mass is 79.9. The van der Waals surface area contributed by atoms with Crippen LogP contribution in [0.5, 0.6) is 5.75 Å². The standard InChI is InChI=1S/C14H10BrF3O2/c1-20-13-4-7(2-3-10(13)16)14(19)8-5-12(18)9(15)6-11(8)17/h2-6,14,19H,1H3. The second kappa shape index (κ2) is 5.85. The van der Waals surface area contributed by atoms with E-state index in [1.807, 2.05) is 0 Å². The molecule has 2 nitrogen and oxygen atoms in total. The molecule has 2 rings (SSSR count). The lowest BCUT2D eigenvalue weighted by Crippen LogP contribution is -2.04. The van der Waals surface area contributed by atoms with Crippen LogP contribution in [0.25, 0.3) is 0 Å². The summed E-state index contributed by atoms with van der Waals surface area (Å²) in [5.41, 5.74) is -0.0387. The molecule has 1 N–H and O–H groups in total. The largest absolute Gasteiger partial charge is 0.494 e. The molecule has 1 unspecified atom stereocenters. The second-order valence-corrected chi connectivity index (χ2v) is 4.94. The number of halogens is 4. The van der Waals surface area contributed by atoms with Gasteiger partial charge in [0, 0.05) is 5.56 Å². The zero-order valence-electron chi connectivity index (χ0n) is 10.3. The van der Waals surface area contributed by atoms with Gasteiger partial charge in [-0.05, 0) is 45.8 Å². The van der Waals surface area contributed by atoms with Gasteiger partial charge < -0.3 is 9.84 Å². The van der Waals surface area contributed by atoms with E-state index >= 15 is 0 Å². The minimum absolute atomic E-state index is 0.0392. The van der Waals surface area contributed by atoms with Crippen LogP contribution in [-0.4, -0.2) is 12.2 Å². The van der Waals surface area contributed by atoms with Crippen molar-refractivity contribution in [3.63, 3.8) is 0 Å². The van der Waals surface area contributed by atoms with Gasteiger partial charge in [0.2, 0.25) is 0 Å². The lowest BCUT2D eigenvalue weighted by atomic mass is 10.0. The average molecular weight is 347 g/mol. The predicted molar refractivity (Wildman–Crippen MR) is 71.1 cm³/mol. The maximum Gasteiger partial charge on any atom is 0.165 e. The molecule has 0 saturated carbocycles. The van der Waals surface area contributed by atoms with Gasteiger partial charge in [-0.25, -0.2) is 13.2 Å². The molecule has 0 amide bonds. The third-order valence-corrected chi connectivity index (χ3v) is 3.43. The van der Waals surface area contributed by atoms with Crippen LogP contribution in [0, 0.1) is 17.5 Å². The van der Waals surface area contributed by atoms with Gasteiger partial charge in [0.1, 0.15) is 17.7 Å². The number of benzene rings is 2. The van der Waals surface area contributed by atoms with Crippen molar-refractivity contribution in [2.75, 3.05) is 7.11 Å². The van der Waals surface area contributed by atoms with Gasteiger partial charge in [0.15, 0.2) is 11.6 Å². The predicted octanol–water partition coefficient (Wildman–Crippen LogP) is 3.96. The van der Waals surface area contributed by atoms with Crippen molar-refractivity contribution in [3.8, 4) is 5.75 Å².